The van der Waals surface area contributed by atoms with Gasteiger partial charge in [0.15, 0.2) is 8.32 Å². The summed E-state index contributed by atoms with van der Waals surface area (Å²) >= 11 is 0. The Balaban J connectivity index is 1.71. The van der Waals surface area contributed by atoms with E-state index in [1.54, 1.807) is 6.07 Å². The Hall–Kier alpha value is -4.08. The second-order valence-corrected chi connectivity index (χ2v) is 16.9. The van der Waals surface area contributed by atoms with Crippen LogP contribution < -0.4 is 16.0 Å². The van der Waals surface area contributed by atoms with Gasteiger partial charge in [-0.1, -0.05) is 69.3 Å². The average Bonchev–Trinajstić information content (AvgIpc) is 2.94. The van der Waals surface area contributed by atoms with Gasteiger partial charge in [0, 0.05) is 23.7 Å². The van der Waals surface area contributed by atoms with Crippen molar-refractivity contribution in [2.75, 3.05) is 18.8 Å². The summed E-state index contributed by atoms with van der Waals surface area (Å²) in [5.74, 6) is 0.542. The molecule has 1 heterocycles. The Kier molecular flexibility index (Phi) is 9.43. The van der Waals surface area contributed by atoms with E-state index in [4.69, 9.17) is 14.9 Å². The average molecular weight is 588 g/mol. The number of nitrogens with one attached hydrogen (secondary N) is 1. The van der Waals surface area contributed by atoms with Gasteiger partial charge in [0.05, 0.1) is 18.2 Å². The number of amides is 1. The molecule has 0 aliphatic rings. The van der Waals surface area contributed by atoms with Crippen LogP contribution in [-0.2, 0) is 17.5 Å². The number of fused-ring (bicyclic) bond motifs is 1. The third kappa shape index (κ3) is 7.60. The monoisotopic (exact) mass is 587 g/mol. The molecule has 0 aliphatic carbocycles. The SMILES string of the molecule is CC(C)(C)[Si](C)(C)O[C@H](CN(CCc1ccc(N)cc1)C(=O)O)c1ccc(OCc2ccccc2)c2[nH]c(=O)ccc12. The Morgan fingerprint density at radius 1 is 0.976 bits per heavy atom. The maximum atomic E-state index is 12.5. The number of anilines is 1. The number of nitrogens with zero attached hydrogens (tertiary/aromatic N) is 1. The van der Waals surface area contributed by atoms with E-state index in [9.17, 15) is 14.7 Å². The van der Waals surface area contributed by atoms with E-state index in [0.717, 1.165) is 22.1 Å². The zero-order chi connectivity index (χ0) is 30.5. The third-order valence-electron chi connectivity index (χ3n) is 8.02. The standard InChI is InChI=1S/C33H41N3O5Si/c1-33(2,3)42(4,5)41-29(21-36(32(38)39)20-19-23-11-13-25(34)14-12-23)26-15-17-28(31-27(26)16-18-30(37)35-31)40-22-24-9-7-6-8-10-24/h6-18,29H,19-22,34H2,1-5H3,(H,35,37)(H,38,39)/t29-/m1/s1. The van der Waals surface area contributed by atoms with Crippen molar-refractivity contribution in [3.8, 4) is 5.75 Å². The third-order valence-corrected chi connectivity index (χ3v) is 12.5. The smallest absolute Gasteiger partial charge is 0.407 e. The van der Waals surface area contributed by atoms with Crippen molar-refractivity contribution >= 4 is 31.0 Å². The maximum absolute atomic E-state index is 12.5. The van der Waals surface area contributed by atoms with Gasteiger partial charge in [-0.15, -0.1) is 0 Å². The molecule has 9 heteroatoms. The Bertz CT molecular complexity index is 1560. The largest absolute Gasteiger partial charge is 0.487 e. The van der Waals surface area contributed by atoms with Gasteiger partial charge < -0.3 is 29.9 Å². The first-order valence-corrected chi connectivity index (χ1v) is 17.1. The number of pyridine rings is 1. The molecular weight excluding hydrogens is 546 g/mol. The van der Waals surface area contributed by atoms with Crippen molar-refractivity contribution in [1.82, 2.24) is 9.88 Å². The predicted octanol–water partition coefficient (Wildman–Crippen LogP) is 6.97. The van der Waals surface area contributed by atoms with Gasteiger partial charge in [0.1, 0.15) is 12.4 Å². The zero-order valence-corrected chi connectivity index (χ0v) is 26.0. The number of aromatic nitrogens is 1. The van der Waals surface area contributed by atoms with E-state index >= 15 is 0 Å². The Morgan fingerprint density at radius 2 is 1.67 bits per heavy atom. The summed E-state index contributed by atoms with van der Waals surface area (Å²) in [6.07, 6.45) is -1.04. The molecule has 1 amide bonds. The fourth-order valence-corrected chi connectivity index (χ4v) is 5.80. The van der Waals surface area contributed by atoms with Gasteiger partial charge in [0.2, 0.25) is 5.56 Å². The molecule has 0 saturated heterocycles. The number of H-pyrrole nitrogens is 1. The lowest BCUT2D eigenvalue weighted by Gasteiger charge is -2.40. The summed E-state index contributed by atoms with van der Waals surface area (Å²) in [4.78, 5) is 29.3. The van der Waals surface area contributed by atoms with Crippen molar-refractivity contribution in [2.45, 2.75) is 58.0 Å². The summed E-state index contributed by atoms with van der Waals surface area (Å²) in [7, 11) is -2.35. The molecule has 0 saturated carbocycles. The molecule has 0 aliphatic heterocycles. The molecule has 1 aromatic heterocycles. The number of benzene rings is 3. The lowest BCUT2D eigenvalue weighted by molar-refractivity contribution is 0.102. The fraction of sp³-hybridized carbons (Fsp3) is 0.333. The molecule has 0 bridgehead atoms. The number of nitrogen functional groups attached to an aromatic ring is 1. The molecule has 42 heavy (non-hydrogen) atoms. The summed E-state index contributed by atoms with van der Waals surface area (Å²) < 4.78 is 13.1. The summed E-state index contributed by atoms with van der Waals surface area (Å²) in [6.45, 7) is 11.5. The second kappa shape index (κ2) is 12.8. The molecule has 8 nitrogen and oxygen atoms in total. The normalized spacial score (nSPS) is 12.7. The van der Waals surface area contributed by atoms with Gasteiger partial charge in [-0.25, -0.2) is 4.79 Å². The number of nitrogens with two attached hydrogens (primary N) is 1. The summed E-state index contributed by atoms with van der Waals surface area (Å²) in [5.41, 5.74) is 9.60. The maximum Gasteiger partial charge on any atom is 0.407 e. The van der Waals surface area contributed by atoms with E-state index in [-0.39, 0.29) is 17.1 Å². The van der Waals surface area contributed by atoms with Crippen LogP contribution in [0.15, 0.2) is 83.7 Å². The molecule has 0 fully saturated rings. The molecule has 222 valence electrons. The highest BCUT2D eigenvalue weighted by Crippen LogP contribution is 2.41. The van der Waals surface area contributed by atoms with Crippen molar-refractivity contribution < 1.29 is 19.1 Å². The number of carboxylic acid groups (broad SMARTS) is 1. The van der Waals surface area contributed by atoms with Crippen LogP contribution in [0, 0.1) is 0 Å². The first kappa shape index (κ1) is 30.9. The van der Waals surface area contributed by atoms with Crippen LogP contribution in [0.3, 0.4) is 0 Å². The number of ether oxygens (including phenoxy) is 1. The number of aromatic amines is 1. The molecule has 0 unspecified atom stereocenters. The predicted molar refractivity (Wildman–Crippen MR) is 171 cm³/mol. The van der Waals surface area contributed by atoms with Gasteiger partial charge in [-0.05, 0) is 65.5 Å². The first-order valence-electron chi connectivity index (χ1n) is 14.2. The number of hydrogen-bond acceptors (Lipinski definition) is 5. The highest BCUT2D eigenvalue weighted by molar-refractivity contribution is 6.74. The molecule has 0 spiro atoms. The summed E-state index contributed by atoms with van der Waals surface area (Å²) in [5, 5.41) is 10.9. The van der Waals surface area contributed by atoms with E-state index < -0.39 is 20.5 Å². The van der Waals surface area contributed by atoms with Crippen LogP contribution in [0.25, 0.3) is 10.9 Å². The zero-order valence-electron chi connectivity index (χ0n) is 25.0. The minimum absolute atomic E-state index is 0.105. The number of hydrogen-bond donors (Lipinski definition) is 3. The Morgan fingerprint density at radius 3 is 2.31 bits per heavy atom. The minimum Gasteiger partial charge on any atom is -0.487 e. The van der Waals surface area contributed by atoms with Crippen LogP contribution in [0.2, 0.25) is 18.1 Å². The van der Waals surface area contributed by atoms with E-state index in [1.165, 1.54) is 11.0 Å². The topological polar surface area (TPSA) is 118 Å². The fourth-order valence-electron chi connectivity index (χ4n) is 4.53. The second-order valence-electron chi connectivity index (χ2n) is 12.1. The Labute approximate surface area is 248 Å². The van der Waals surface area contributed by atoms with E-state index in [1.807, 2.05) is 66.7 Å². The van der Waals surface area contributed by atoms with Crippen LogP contribution in [0.4, 0.5) is 10.5 Å². The van der Waals surface area contributed by atoms with Crippen LogP contribution in [0.5, 0.6) is 5.75 Å². The molecule has 1 atom stereocenters. The molecular formula is C33H41N3O5Si. The lowest BCUT2D eigenvalue weighted by atomic mass is 10.0. The molecule has 3 aromatic carbocycles. The quantitative estimate of drug-likeness (QED) is 0.129. The van der Waals surface area contributed by atoms with Crippen molar-refractivity contribution in [3.05, 3.63) is 106 Å². The lowest BCUT2D eigenvalue weighted by Crippen LogP contribution is -2.45. The molecule has 4 rings (SSSR count). The molecule has 4 N–H and O–H groups in total. The molecule has 4 aromatic rings. The van der Waals surface area contributed by atoms with E-state index in [0.29, 0.717) is 36.5 Å². The van der Waals surface area contributed by atoms with E-state index in [2.05, 4.69) is 38.8 Å². The minimum atomic E-state index is -2.35. The van der Waals surface area contributed by atoms with Crippen molar-refractivity contribution in [1.29, 1.82) is 0 Å². The number of rotatable bonds is 11. The van der Waals surface area contributed by atoms with Crippen molar-refractivity contribution in [3.63, 3.8) is 0 Å². The van der Waals surface area contributed by atoms with Crippen LogP contribution >= 0.6 is 0 Å². The van der Waals surface area contributed by atoms with Gasteiger partial charge in [-0.2, -0.15) is 0 Å². The molecule has 0 radical (unpaired) electrons. The van der Waals surface area contributed by atoms with Gasteiger partial charge in [0.25, 0.3) is 0 Å². The number of carbonyl (C=O) groups is 1. The van der Waals surface area contributed by atoms with Crippen LogP contribution in [-0.4, -0.2) is 42.5 Å². The van der Waals surface area contributed by atoms with Crippen LogP contribution in [0.1, 0.15) is 43.6 Å². The summed E-state index contributed by atoms with van der Waals surface area (Å²) in [6, 6.07) is 24.3. The highest BCUT2D eigenvalue weighted by Gasteiger charge is 2.40. The van der Waals surface area contributed by atoms with Gasteiger partial charge >= 0.3 is 6.09 Å². The first-order chi connectivity index (χ1) is 19.8. The van der Waals surface area contributed by atoms with Crippen molar-refractivity contribution in [2.24, 2.45) is 0 Å². The highest BCUT2D eigenvalue weighted by atomic mass is 28.4. The van der Waals surface area contributed by atoms with Gasteiger partial charge in [-0.3, -0.25) is 4.79 Å².